The first-order valence-electron chi connectivity index (χ1n) is 14.4. The summed E-state index contributed by atoms with van der Waals surface area (Å²) in [6.07, 6.45) is -1.75. The molecular formula is C32H33F3N6O3S. The van der Waals surface area contributed by atoms with Crippen molar-refractivity contribution in [3.8, 4) is 28.6 Å². The zero-order valence-corrected chi connectivity index (χ0v) is 25.9. The predicted molar refractivity (Wildman–Crippen MR) is 170 cm³/mol. The van der Waals surface area contributed by atoms with Crippen molar-refractivity contribution < 1.29 is 27.4 Å². The van der Waals surface area contributed by atoms with Gasteiger partial charge in [0.2, 0.25) is 0 Å². The lowest BCUT2D eigenvalue weighted by atomic mass is 10.00. The van der Waals surface area contributed by atoms with Gasteiger partial charge in [-0.3, -0.25) is 0 Å². The fourth-order valence-electron chi connectivity index (χ4n) is 4.84. The lowest BCUT2D eigenvalue weighted by Gasteiger charge is -2.23. The second-order valence-corrected chi connectivity index (χ2v) is 11.6. The Labute approximate surface area is 263 Å². The summed E-state index contributed by atoms with van der Waals surface area (Å²) in [5, 5.41) is 8.04. The Kier molecular flexibility index (Phi) is 9.96. The SMILES string of the molecule is COc1ccc(N2CCSC2=NC(=O)NCCCc2ccc(-c3ncn(-c4ccc(OC(F)(F)F)cc4)n3)cc2)c(C(C)C)c1. The molecular weight excluding hydrogens is 605 g/mol. The summed E-state index contributed by atoms with van der Waals surface area (Å²) in [6, 6.07) is 18.8. The number of alkyl halides is 3. The van der Waals surface area contributed by atoms with Crippen molar-refractivity contribution in [2.75, 3.05) is 30.9 Å². The number of urea groups is 1. The number of nitrogens with zero attached hydrogens (tertiary/aromatic N) is 5. The summed E-state index contributed by atoms with van der Waals surface area (Å²) >= 11 is 1.57. The highest BCUT2D eigenvalue weighted by atomic mass is 32.2. The van der Waals surface area contributed by atoms with Crippen LogP contribution >= 0.6 is 11.8 Å². The van der Waals surface area contributed by atoms with Gasteiger partial charge in [0.1, 0.15) is 17.8 Å². The molecule has 0 radical (unpaired) electrons. The maximum Gasteiger partial charge on any atom is 0.573 e. The molecule has 2 heterocycles. The Hall–Kier alpha value is -4.52. The van der Waals surface area contributed by atoms with Gasteiger partial charge in [-0.2, -0.15) is 4.99 Å². The average Bonchev–Trinajstić information content (AvgIpc) is 3.69. The van der Waals surface area contributed by atoms with E-state index in [0.29, 0.717) is 23.2 Å². The number of benzene rings is 3. The lowest BCUT2D eigenvalue weighted by Crippen LogP contribution is -2.29. The standard InChI is InChI=1S/C32H33F3N6O3S/c1-21(2)27-19-26(43-3)14-15-28(27)40-17-18-45-31(40)38-30(42)36-16-4-5-22-6-8-23(9-7-22)29-37-20-41(39-29)24-10-12-25(13-11-24)44-32(33,34)35/h6-15,19-21H,4-5,16-18H2,1-3H3,(H,36,42). The van der Waals surface area contributed by atoms with Crippen LogP contribution in [-0.2, 0) is 6.42 Å². The first kappa shape index (κ1) is 31.9. The highest BCUT2D eigenvalue weighted by molar-refractivity contribution is 8.14. The minimum atomic E-state index is -4.75. The van der Waals surface area contributed by atoms with E-state index in [0.717, 1.165) is 53.3 Å². The van der Waals surface area contributed by atoms with Crippen LogP contribution < -0.4 is 19.7 Å². The molecule has 0 atom stereocenters. The van der Waals surface area contributed by atoms with Crippen LogP contribution in [0, 0.1) is 0 Å². The third kappa shape index (κ3) is 8.35. The quantitative estimate of drug-likeness (QED) is 0.183. The molecule has 1 aromatic heterocycles. The minimum Gasteiger partial charge on any atom is -0.497 e. The Morgan fingerprint density at radius 1 is 1.07 bits per heavy atom. The van der Waals surface area contributed by atoms with E-state index in [1.165, 1.54) is 35.3 Å². The van der Waals surface area contributed by atoms with Crippen LogP contribution in [0.25, 0.3) is 17.1 Å². The normalized spacial score (nSPS) is 14.3. The molecule has 1 N–H and O–H groups in total. The van der Waals surface area contributed by atoms with Crippen molar-refractivity contribution in [3.05, 3.63) is 84.2 Å². The number of hydrogen-bond acceptors (Lipinski definition) is 6. The van der Waals surface area contributed by atoms with Gasteiger partial charge in [-0.25, -0.2) is 14.5 Å². The van der Waals surface area contributed by atoms with Gasteiger partial charge < -0.3 is 19.7 Å². The number of thioether (sulfide) groups is 1. The van der Waals surface area contributed by atoms with E-state index in [4.69, 9.17) is 4.74 Å². The van der Waals surface area contributed by atoms with E-state index in [-0.39, 0.29) is 17.7 Å². The van der Waals surface area contributed by atoms with Crippen LogP contribution in [0.15, 0.2) is 78.0 Å². The van der Waals surface area contributed by atoms with Crippen LogP contribution in [0.3, 0.4) is 0 Å². The third-order valence-electron chi connectivity index (χ3n) is 7.08. The maximum absolute atomic E-state index is 12.7. The number of aromatic nitrogens is 3. The van der Waals surface area contributed by atoms with Gasteiger partial charge in [0.25, 0.3) is 0 Å². The molecule has 0 unspecified atom stereocenters. The van der Waals surface area contributed by atoms with Gasteiger partial charge in [-0.05, 0) is 72.4 Å². The van der Waals surface area contributed by atoms with Gasteiger partial charge >= 0.3 is 12.4 Å². The summed E-state index contributed by atoms with van der Waals surface area (Å²) in [6.45, 7) is 5.54. The second kappa shape index (κ2) is 14.1. The highest BCUT2D eigenvalue weighted by Gasteiger charge is 2.31. The molecule has 1 saturated heterocycles. The Morgan fingerprint density at radius 2 is 1.80 bits per heavy atom. The summed E-state index contributed by atoms with van der Waals surface area (Å²) in [7, 11) is 1.65. The largest absolute Gasteiger partial charge is 0.573 e. The zero-order valence-electron chi connectivity index (χ0n) is 25.0. The maximum atomic E-state index is 12.7. The number of aliphatic imine (C=N–C) groups is 1. The van der Waals surface area contributed by atoms with Crippen molar-refractivity contribution in [1.29, 1.82) is 0 Å². The topological polar surface area (TPSA) is 93.9 Å². The number of aryl methyl sites for hydroxylation is 1. The van der Waals surface area contributed by atoms with Crippen molar-refractivity contribution in [3.63, 3.8) is 0 Å². The van der Waals surface area contributed by atoms with E-state index >= 15 is 0 Å². The number of methoxy groups -OCH3 is 1. The minimum absolute atomic E-state index is 0.287. The summed E-state index contributed by atoms with van der Waals surface area (Å²) in [4.78, 5) is 23.4. The molecule has 1 fully saturated rings. The van der Waals surface area contributed by atoms with E-state index < -0.39 is 6.36 Å². The molecule has 9 nitrogen and oxygen atoms in total. The number of ether oxygens (including phenoxy) is 2. The molecule has 0 spiro atoms. The van der Waals surface area contributed by atoms with Gasteiger partial charge in [-0.15, -0.1) is 18.3 Å². The van der Waals surface area contributed by atoms with Crippen LogP contribution in [0.4, 0.5) is 23.7 Å². The smallest absolute Gasteiger partial charge is 0.497 e. The van der Waals surface area contributed by atoms with Crippen molar-refractivity contribution >= 4 is 28.6 Å². The van der Waals surface area contributed by atoms with E-state index in [2.05, 4.69) is 43.9 Å². The Morgan fingerprint density at radius 3 is 2.49 bits per heavy atom. The van der Waals surface area contributed by atoms with Crippen LogP contribution in [-0.4, -0.2) is 58.3 Å². The molecule has 2 amide bonds. The molecule has 4 aromatic rings. The third-order valence-corrected chi connectivity index (χ3v) is 8.04. The van der Waals surface area contributed by atoms with E-state index in [1.54, 1.807) is 18.9 Å². The number of nitrogens with one attached hydrogen (secondary N) is 1. The van der Waals surface area contributed by atoms with E-state index in [1.807, 2.05) is 42.5 Å². The molecule has 236 valence electrons. The fourth-order valence-corrected chi connectivity index (χ4v) is 5.79. The van der Waals surface area contributed by atoms with Crippen molar-refractivity contribution in [1.82, 2.24) is 20.1 Å². The zero-order chi connectivity index (χ0) is 32.0. The number of rotatable bonds is 10. The highest BCUT2D eigenvalue weighted by Crippen LogP contribution is 2.35. The molecule has 0 bridgehead atoms. The van der Waals surface area contributed by atoms with Crippen LogP contribution in [0.5, 0.6) is 11.5 Å². The summed E-state index contributed by atoms with van der Waals surface area (Å²) in [5.74, 6) is 2.12. The summed E-state index contributed by atoms with van der Waals surface area (Å²) in [5.41, 5.74) is 4.63. The monoisotopic (exact) mass is 638 g/mol. The molecule has 1 aliphatic heterocycles. The first-order chi connectivity index (χ1) is 21.6. The lowest BCUT2D eigenvalue weighted by molar-refractivity contribution is -0.274. The Balaban J connectivity index is 1.11. The molecule has 1 aliphatic rings. The van der Waals surface area contributed by atoms with Gasteiger partial charge in [0.05, 0.1) is 12.8 Å². The first-order valence-corrected chi connectivity index (χ1v) is 15.4. The molecule has 3 aromatic carbocycles. The predicted octanol–water partition coefficient (Wildman–Crippen LogP) is 7.22. The van der Waals surface area contributed by atoms with Gasteiger partial charge in [0.15, 0.2) is 11.0 Å². The molecule has 0 aliphatic carbocycles. The molecule has 5 rings (SSSR count). The number of carbonyl (C=O) groups excluding carboxylic acids is 1. The van der Waals surface area contributed by atoms with Crippen LogP contribution in [0.1, 0.15) is 37.3 Å². The fraction of sp³-hybridized carbons (Fsp3) is 0.312. The number of amides is 2. The number of halogens is 3. The molecule has 13 heteroatoms. The van der Waals surface area contributed by atoms with E-state index in [9.17, 15) is 18.0 Å². The van der Waals surface area contributed by atoms with Crippen LogP contribution in [0.2, 0.25) is 0 Å². The number of carbonyl (C=O) groups is 1. The van der Waals surface area contributed by atoms with Gasteiger partial charge in [-0.1, -0.05) is 49.9 Å². The summed E-state index contributed by atoms with van der Waals surface area (Å²) < 4.78 is 48.0. The Bertz CT molecular complexity index is 1640. The second-order valence-electron chi connectivity index (χ2n) is 10.6. The number of anilines is 1. The van der Waals surface area contributed by atoms with Gasteiger partial charge in [0, 0.05) is 30.1 Å². The van der Waals surface area contributed by atoms with Crippen molar-refractivity contribution in [2.45, 2.75) is 39.0 Å². The number of hydrogen-bond donors (Lipinski definition) is 1. The average molecular weight is 639 g/mol. The molecule has 0 saturated carbocycles. The number of amidine groups is 1. The molecule has 45 heavy (non-hydrogen) atoms. The van der Waals surface area contributed by atoms with Crippen molar-refractivity contribution in [2.24, 2.45) is 4.99 Å².